The molecule has 3 saturated carbocycles. The number of amides is 1. The van der Waals surface area contributed by atoms with Gasteiger partial charge in [0.2, 0.25) is 5.88 Å². The summed E-state index contributed by atoms with van der Waals surface area (Å²) >= 11 is 6.24. The van der Waals surface area contributed by atoms with Crippen molar-refractivity contribution in [3.63, 3.8) is 0 Å². The summed E-state index contributed by atoms with van der Waals surface area (Å²) in [4.78, 5) is 16.9. The van der Waals surface area contributed by atoms with Crippen molar-refractivity contribution in [1.82, 2.24) is 19.5 Å². The zero-order valence-corrected chi connectivity index (χ0v) is 20.1. The van der Waals surface area contributed by atoms with Gasteiger partial charge in [0.25, 0.3) is 15.9 Å². The number of aromatic nitrogens is 3. The van der Waals surface area contributed by atoms with Gasteiger partial charge in [0.05, 0.1) is 17.1 Å². The SMILES string of the molecule is Cc1ccccc1S(=O)(=O)NC(=O)c1ccc(-n2ccc(OCC3C4(CC4)C34CC4)n2)nc1Cl. The zero-order chi connectivity index (χ0) is 23.7. The number of aryl methyl sites for hydroxylation is 1. The van der Waals surface area contributed by atoms with Gasteiger partial charge < -0.3 is 4.74 Å². The van der Waals surface area contributed by atoms with Crippen LogP contribution in [0.1, 0.15) is 41.6 Å². The second kappa shape index (κ2) is 7.29. The molecule has 0 unspecified atom stereocenters. The Kier molecular flexibility index (Phi) is 4.64. The van der Waals surface area contributed by atoms with Gasteiger partial charge in [-0.2, -0.15) is 0 Å². The molecule has 3 aliphatic carbocycles. The molecular weight excluding hydrogens is 476 g/mol. The standard InChI is InChI=1S/C24H23ClN4O4S/c1-15-4-2-3-5-17(15)34(31,32)28-22(30)16-6-7-19(26-21(16)25)29-13-8-20(27-29)33-14-18-23(9-10-23)24(18)11-12-24/h2-8,13,18H,9-12,14H2,1H3,(H,28,30). The molecular formula is C24H23ClN4O4S. The number of carbonyl (C=O) groups excluding carboxylic acids is 1. The average molecular weight is 499 g/mol. The van der Waals surface area contributed by atoms with Crippen LogP contribution >= 0.6 is 11.6 Å². The molecule has 2 spiro atoms. The van der Waals surface area contributed by atoms with Crippen molar-refractivity contribution in [2.45, 2.75) is 37.5 Å². The number of halogens is 1. The summed E-state index contributed by atoms with van der Waals surface area (Å²) in [6.45, 7) is 2.35. The number of pyridine rings is 1. The van der Waals surface area contributed by atoms with Crippen molar-refractivity contribution in [3.8, 4) is 11.7 Å². The Morgan fingerprint density at radius 3 is 2.50 bits per heavy atom. The number of sulfonamides is 1. The number of hydrogen-bond acceptors (Lipinski definition) is 6. The lowest BCUT2D eigenvalue weighted by Gasteiger charge is -2.10. The smallest absolute Gasteiger partial charge is 0.268 e. The lowest BCUT2D eigenvalue weighted by molar-refractivity contribution is 0.0981. The normalized spacial score (nSPS) is 19.2. The topological polar surface area (TPSA) is 103 Å². The van der Waals surface area contributed by atoms with Crippen LogP contribution in [0.15, 0.2) is 53.6 Å². The summed E-state index contributed by atoms with van der Waals surface area (Å²) in [5.41, 5.74) is 1.63. The van der Waals surface area contributed by atoms with E-state index >= 15 is 0 Å². The summed E-state index contributed by atoms with van der Waals surface area (Å²) in [5, 5.41) is 4.29. The Labute approximate surface area is 202 Å². The van der Waals surface area contributed by atoms with Gasteiger partial charge in [-0.15, -0.1) is 5.10 Å². The van der Waals surface area contributed by atoms with Gasteiger partial charge in [0.1, 0.15) is 5.15 Å². The van der Waals surface area contributed by atoms with Crippen LogP contribution in [0.3, 0.4) is 0 Å². The van der Waals surface area contributed by atoms with Gasteiger partial charge in [-0.05, 0) is 67.2 Å². The fourth-order valence-corrected chi connectivity index (χ4v) is 7.06. The van der Waals surface area contributed by atoms with Crippen molar-refractivity contribution >= 4 is 27.5 Å². The molecule has 0 radical (unpaired) electrons. The maximum Gasteiger partial charge on any atom is 0.268 e. The molecule has 1 N–H and O–H groups in total. The molecule has 2 aromatic heterocycles. The average Bonchev–Trinajstić information content (AvgIpc) is 3.75. The maximum absolute atomic E-state index is 12.6. The zero-order valence-electron chi connectivity index (χ0n) is 18.5. The van der Waals surface area contributed by atoms with Crippen LogP contribution in [0.4, 0.5) is 0 Å². The van der Waals surface area contributed by atoms with Crippen LogP contribution < -0.4 is 9.46 Å². The van der Waals surface area contributed by atoms with Gasteiger partial charge in [-0.3, -0.25) is 4.79 Å². The Hall–Kier alpha value is -2.91. The number of hydrogen-bond donors (Lipinski definition) is 1. The molecule has 0 aliphatic heterocycles. The minimum Gasteiger partial charge on any atom is -0.476 e. The van der Waals surface area contributed by atoms with Crippen LogP contribution in [-0.4, -0.2) is 35.7 Å². The minimum atomic E-state index is -4.05. The van der Waals surface area contributed by atoms with E-state index in [-0.39, 0.29) is 15.6 Å². The third-order valence-electron chi connectivity index (χ3n) is 7.71. The molecule has 0 bridgehead atoms. The number of ether oxygens (including phenoxy) is 1. The van der Waals surface area contributed by atoms with Crippen LogP contribution in [0.5, 0.6) is 5.88 Å². The van der Waals surface area contributed by atoms with E-state index in [1.165, 1.54) is 42.5 Å². The Bertz CT molecular complexity index is 1410. The molecule has 3 aromatic rings. The molecule has 1 aromatic carbocycles. The molecule has 10 heteroatoms. The number of carbonyl (C=O) groups is 1. The maximum atomic E-state index is 12.6. The predicted octanol–water partition coefficient (Wildman–Crippen LogP) is 3.92. The molecule has 3 fully saturated rings. The van der Waals surface area contributed by atoms with E-state index < -0.39 is 15.9 Å². The number of nitrogens with one attached hydrogen (secondary N) is 1. The Morgan fingerprint density at radius 1 is 1.15 bits per heavy atom. The van der Waals surface area contributed by atoms with E-state index in [9.17, 15) is 13.2 Å². The lowest BCUT2D eigenvalue weighted by Crippen LogP contribution is -2.31. The number of fused-ring (bicyclic) bond motifs is 1. The van der Waals surface area contributed by atoms with Crippen molar-refractivity contribution in [2.24, 2.45) is 16.7 Å². The van der Waals surface area contributed by atoms with Crippen molar-refractivity contribution in [3.05, 3.63) is 64.9 Å². The van der Waals surface area contributed by atoms with Crippen molar-refractivity contribution in [2.75, 3.05) is 6.61 Å². The fourth-order valence-electron chi connectivity index (χ4n) is 5.61. The fraction of sp³-hybridized carbons (Fsp3) is 0.375. The van der Waals surface area contributed by atoms with Gasteiger partial charge >= 0.3 is 0 Å². The van der Waals surface area contributed by atoms with Gasteiger partial charge in [-0.1, -0.05) is 29.8 Å². The molecule has 2 heterocycles. The second-order valence-corrected chi connectivity index (χ2v) is 11.5. The molecule has 0 atom stereocenters. The highest BCUT2D eigenvalue weighted by Crippen LogP contribution is 2.92. The molecule has 6 rings (SSSR count). The van der Waals surface area contributed by atoms with Gasteiger partial charge in [0.15, 0.2) is 5.82 Å². The third kappa shape index (κ3) is 3.32. The van der Waals surface area contributed by atoms with E-state index in [2.05, 4.69) is 14.8 Å². The van der Waals surface area contributed by atoms with E-state index in [4.69, 9.17) is 16.3 Å². The summed E-state index contributed by atoms with van der Waals surface area (Å²) in [5.74, 6) is 0.708. The molecule has 3 aliphatic rings. The highest BCUT2D eigenvalue weighted by atomic mass is 35.5. The van der Waals surface area contributed by atoms with E-state index in [1.54, 1.807) is 43.5 Å². The first-order chi connectivity index (χ1) is 16.3. The second-order valence-electron chi connectivity index (χ2n) is 9.48. The lowest BCUT2D eigenvalue weighted by atomic mass is 10.2. The number of benzene rings is 1. The van der Waals surface area contributed by atoms with Gasteiger partial charge in [0, 0.05) is 18.2 Å². The van der Waals surface area contributed by atoms with Crippen molar-refractivity contribution in [1.29, 1.82) is 0 Å². The number of rotatable bonds is 7. The molecule has 8 nitrogen and oxygen atoms in total. The largest absolute Gasteiger partial charge is 0.476 e. The Balaban J connectivity index is 1.14. The highest BCUT2D eigenvalue weighted by Gasteiger charge is 2.86. The van der Waals surface area contributed by atoms with Gasteiger partial charge in [-0.25, -0.2) is 22.8 Å². The van der Waals surface area contributed by atoms with Crippen LogP contribution in [0, 0.1) is 23.7 Å². The minimum absolute atomic E-state index is 0.0273. The number of nitrogens with zero attached hydrogens (tertiary/aromatic N) is 3. The third-order valence-corrected chi connectivity index (χ3v) is 9.49. The van der Waals surface area contributed by atoms with E-state index in [0.717, 1.165) is 0 Å². The molecule has 34 heavy (non-hydrogen) atoms. The van der Waals surface area contributed by atoms with E-state index in [0.29, 0.717) is 40.6 Å². The Morgan fingerprint density at radius 2 is 1.85 bits per heavy atom. The summed E-state index contributed by atoms with van der Waals surface area (Å²) in [7, 11) is -4.05. The first kappa shape index (κ1) is 21.6. The van der Waals surface area contributed by atoms with E-state index in [1.807, 2.05) is 0 Å². The van der Waals surface area contributed by atoms with Crippen LogP contribution in [0.2, 0.25) is 5.15 Å². The van der Waals surface area contributed by atoms with Crippen molar-refractivity contribution < 1.29 is 17.9 Å². The van der Waals surface area contributed by atoms with Crippen LogP contribution in [0.25, 0.3) is 5.82 Å². The molecule has 0 saturated heterocycles. The summed E-state index contributed by atoms with van der Waals surface area (Å²) in [6, 6.07) is 11.2. The highest BCUT2D eigenvalue weighted by molar-refractivity contribution is 7.90. The first-order valence-corrected chi connectivity index (χ1v) is 13.1. The predicted molar refractivity (Wildman–Crippen MR) is 125 cm³/mol. The quantitative estimate of drug-likeness (QED) is 0.495. The molecule has 1 amide bonds. The summed E-state index contributed by atoms with van der Waals surface area (Å²) in [6.07, 6.45) is 7.06. The van der Waals surface area contributed by atoms with Crippen LogP contribution in [-0.2, 0) is 10.0 Å². The monoisotopic (exact) mass is 498 g/mol. The summed E-state index contributed by atoms with van der Waals surface area (Å²) < 4.78 is 34.8. The molecule has 176 valence electrons. The first-order valence-electron chi connectivity index (χ1n) is 11.2.